The molecule has 0 bridgehead atoms. The van der Waals surface area contributed by atoms with Gasteiger partial charge in [-0.05, 0) is 5.41 Å². The van der Waals surface area contributed by atoms with E-state index >= 15 is 0 Å². The van der Waals surface area contributed by atoms with E-state index in [0.29, 0.717) is 6.42 Å². The van der Waals surface area contributed by atoms with Crippen molar-refractivity contribution in [3.63, 3.8) is 0 Å². The number of fused-ring (bicyclic) bond motifs is 1. The SMILES string of the molecule is CC(C)(C)C(N)Cc1nccn2cnnc12. The second-order valence-corrected chi connectivity index (χ2v) is 5.11. The number of nitrogens with zero attached hydrogens (tertiary/aromatic N) is 4. The number of hydrogen-bond acceptors (Lipinski definition) is 4. The van der Waals surface area contributed by atoms with Gasteiger partial charge in [0.25, 0.3) is 0 Å². The summed E-state index contributed by atoms with van der Waals surface area (Å²) in [6.07, 6.45) is 5.97. The van der Waals surface area contributed by atoms with Gasteiger partial charge in [-0.3, -0.25) is 9.38 Å². The van der Waals surface area contributed by atoms with E-state index in [9.17, 15) is 0 Å². The smallest absolute Gasteiger partial charge is 0.182 e. The fraction of sp³-hybridized carbons (Fsp3) is 0.545. The molecule has 16 heavy (non-hydrogen) atoms. The summed E-state index contributed by atoms with van der Waals surface area (Å²) >= 11 is 0. The van der Waals surface area contributed by atoms with Crippen LogP contribution in [0.5, 0.6) is 0 Å². The van der Waals surface area contributed by atoms with Gasteiger partial charge in [-0.2, -0.15) is 0 Å². The van der Waals surface area contributed by atoms with E-state index in [0.717, 1.165) is 11.3 Å². The Kier molecular flexibility index (Phi) is 2.63. The monoisotopic (exact) mass is 219 g/mol. The van der Waals surface area contributed by atoms with Gasteiger partial charge in [-0.1, -0.05) is 20.8 Å². The van der Waals surface area contributed by atoms with Crippen molar-refractivity contribution in [1.82, 2.24) is 19.6 Å². The summed E-state index contributed by atoms with van der Waals surface area (Å²) in [6.45, 7) is 6.38. The van der Waals surface area contributed by atoms with Crippen molar-refractivity contribution in [2.24, 2.45) is 11.1 Å². The third-order valence-electron chi connectivity index (χ3n) is 2.81. The van der Waals surface area contributed by atoms with Gasteiger partial charge in [0.1, 0.15) is 6.33 Å². The lowest BCUT2D eigenvalue weighted by Crippen LogP contribution is -2.37. The van der Waals surface area contributed by atoms with Crippen molar-refractivity contribution in [3.05, 3.63) is 24.4 Å². The highest BCUT2D eigenvalue weighted by molar-refractivity contribution is 5.42. The largest absolute Gasteiger partial charge is 0.327 e. The predicted octanol–water partition coefficient (Wildman–Crippen LogP) is 1.04. The molecule has 2 N–H and O–H groups in total. The van der Waals surface area contributed by atoms with E-state index in [1.54, 1.807) is 12.5 Å². The predicted molar refractivity (Wildman–Crippen MR) is 61.9 cm³/mol. The minimum absolute atomic E-state index is 0.0582. The van der Waals surface area contributed by atoms with Crippen LogP contribution in [-0.4, -0.2) is 25.6 Å². The molecule has 0 aromatic carbocycles. The maximum Gasteiger partial charge on any atom is 0.182 e. The van der Waals surface area contributed by atoms with Crippen molar-refractivity contribution in [3.8, 4) is 0 Å². The second-order valence-electron chi connectivity index (χ2n) is 5.11. The van der Waals surface area contributed by atoms with Crippen LogP contribution in [0.15, 0.2) is 18.7 Å². The number of rotatable bonds is 2. The fourth-order valence-electron chi connectivity index (χ4n) is 1.47. The molecule has 2 aromatic rings. The number of aromatic nitrogens is 4. The molecule has 2 aromatic heterocycles. The van der Waals surface area contributed by atoms with Gasteiger partial charge in [0.05, 0.1) is 5.69 Å². The van der Waals surface area contributed by atoms with Gasteiger partial charge < -0.3 is 5.73 Å². The first-order valence-electron chi connectivity index (χ1n) is 5.37. The van der Waals surface area contributed by atoms with Crippen LogP contribution in [0.25, 0.3) is 5.65 Å². The minimum Gasteiger partial charge on any atom is -0.327 e. The van der Waals surface area contributed by atoms with Gasteiger partial charge in [-0.25, -0.2) is 0 Å². The fourth-order valence-corrected chi connectivity index (χ4v) is 1.47. The van der Waals surface area contributed by atoms with Gasteiger partial charge in [0.2, 0.25) is 0 Å². The standard InChI is InChI=1S/C11H17N5/c1-11(2,3)9(12)6-8-10-15-14-7-16(10)5-4-13-8/h4-5,7,9H,6,12H2,1-3H3. The molecule has 0 amide bonds. The molecule has 0 aliphatic carbocycles. The Morgan fingerprint density at radius 1 is 1.44 bits per heavy atom. The molecule has 0 spiro atoms. The van der Waals surface area contributed by atoms with Gasteiger partial charge in [-0.15, -0.1) is 10.2 Å². The Bertz CT molecular complexity index is 482. The van der Waals surface area contributed by atoms with E-state index in [2.05, 4.69) is 36.0 Å². The van der Waals surface area contributed by atoms with Crippen molar-refractivity contribution < 1.29 is 0 Å². The molecule has 1 unspecified atom stereocenters. The molecule has 0 radical (unpaired) electrons. The number of hydrogen-bond donors (Lipinski definition) is 1. The molecule has 1 atom stereocenters. The van der Waals surface area contributed by atoms with Crippen molar-refractivity contribution in [1.29, 1.82) is 0 Å². The van der Waals surface area contributed by atoms with E-state index < -0.39 is 0 Å². The average molecular weight is 219 g/mol. The summed E-state index contributed by atoms with van der Waals surface area (Å²) in [7, 11) is 0. The highest BCUT2D eigenvalue weighted by Crippen LogP contribution is 2.20. The maximum absolute atomic E-state index is 6.15. The molecular formula is C11H17N5. The van der Waals surface area contributed by atoms with Crippen LogP contribution in [0.3, 0.4) is 0 Å². The first-order valence-corrected chi connectivity index (χ1v) is 5.37. The molecule has 5 heteroatoms. The molecule has 0 saturated heterocycles. The van der Waals surface area contributed by atoms with Crippen molar-refractivity contribution in [2.75, 3.05) is 0 Å². The summed E-state index contributed by atoms with van der Waals surface area (Å²) in [6, 6.07) is 0.0582. The highest BCUT2D eigenvalue weighted by atomic mass is 15.2. The van der Waals surface area contributed by atoms with Crippen LogP contribution in [0, 0.1) is 5.41 Å². The van der Waals surface area contributed by atoms with Gasteiger partial charge >= 0.3 is 0 Å². The van der Waals surface area contributed by atoms with E-state index in [-0.39, 0.29) is 11.5 Å². The molecule has 2 heterocycles. The van der Waals surface area contributed by atoms with Gasteiger partial charge in [0, 0.05) is 24.9 Å². The van der Waals surface area contributed by atoms with Gasteiger partial charge in [0.15, 0.2) is 5.65 Å². The van der Waals surface area contributed by atoms with Crippen molar-refractivity contribution >= 4 is 5.65 Å². The summed E-state index contributed by atoms with van der Waals surface area (Å²) in [5, 5.41) is 7.91. The Balaban J connectivity index is 2.31. The molecule has 0 aliphatic rings. The zero-order valence-electron chi connectivity index (χ0n) is 9.88. The first kappa shape index (κ1) is 11.0. The van der Waals surface area contributed by atoms with Crippen LogP contribution in [-0.2, 0) is 6.42 Å². The lowest BCUT2D eigenvalue weighted by molar-refractivity contribution is 0.317. The zero-order chi connectivity index (χ0) is 11.8. The second kappa shape index (κ2) is 3.83. The maximum atomic E-state index is 6.15. The van der Waals surface area contributed by atoms with Crippen LogP contribution in [0.1, 0.15) is 26.5 Å². The lowest BCUT2D eigenvalue weighted by Gasteiger charge is -2.26. The van der Waals surface area contributed by atoms with E-state index in [1.807, 2.05) is 10.6 Å². The summed E-state index contributed by atoms with van der Waals surface area (Å²) in [4.78, 5) is 4.33. The Hall–Kier alpha value is -1.49. The Morgan fingerprint density at radius 2 is 2.19 bits per heavy atom. The van der Waals surface area contributed by atoms with E-state index in [4.69, 9.17) is 5.73 Å². The Labute approximate surface area is 94.7 Å². The summed E-state index contributed by atoms with van der Waals surface area (Å²) in [5.41, 5.74) is 7.91. The summed E-state index contributed by atoms with van der Waals surface area (Å²) < 4.78 is 1.86. The van der Waals surface area contributed by atoms with Crippen LogP contribution >= 0.6 is 0 Å². The normalized spacial score (nSPS) is 14.2. The molecule has 2 rings (SSSR count). The minimum atomic E-state index is 0.0582. The van der Waals surface area contributed by atoms with E-state index in [1.165, 1.54) is 0 Å². The quantitative estimate of drug-likeness (QED) is 0.819. The molecule has 5 nitrogen and oxygen atoms in total. The topological polar surface area (TPSA) is 69.1 Å². The zero-order valence-corrected chi connectivity index (χ0v) is 9.88. The Morgan fingerprint density at radius 3 is 2.88 bits per heavy atom. The third kappa shape index (κ3) is 2.04. The molecular weight excluding hydrogens is 202 g/mol. The third-order valence-corrected chi connectivity index (χ3v) is 2.81. The van der Waals surface area contributed by atoms with Crippen LogP contribution in [0.2, 0.25) is 0 Å². The lowest BCUT2D eigenvalue weighted by atomic mass is 9.85. The van der Waals surface area contributed by atoms with Crippen LogP contribution in [0.4, 0.5) is 0 Å². The van der Waals surface area contributed by atoms with Crippen LogP contribution < -0.4 is 5.73 Å². The van der Waals surface area contributed by atoms with Crippen molar-refractivity contribution in [2.45, 2.75) is 33.2 Å². The first-order chi connectivity index (χ1) is 7.48. The highest BCUT2D eigenvalue weighted by Gasteiger charge is 2.22. The summed E-state index contributed by atoms with van der Waals surface area (Å²) in [5.74, 6) is 0. The molecule has 0 fully saturated rings. The average Bonchev–Trinajstić information content (AvgIpc) is 2.65. The number of nitrogens with two attached hydrogens (primary N) is 1. The molecule has 0 aliphatic heterocycles. The molecule has 0 saturated carbocycles. The molecule has 86 valence electrons.